The summed E-state index contributed by atoms with van der Waals surface area (Å²) in [7, 11) is 1.71. The summed E-state index contributed by atoms with van der Waals surface area (Å²) in [5.74, 6) is 1.09. The predicted octanol–water partition coefficient (Wildman–Crippen LogP) is 3.18. The van der Waals surface area contributed by atoms with Crippen LogP contribution in [-0.4, -0.2) is 25.2 Å². The lowest BCUT2D eigenvalue weighted by molar-refractivity contribution is 0.457. The lowest BCUT2D eigenvalue weighted by Crippen LogP contribution is -2.40. The molecule has 29 heavy (non-hydrogen) atoms. The number of imidazole rings is 1. The zero-order chi connectivity index (χ0) is 20.7. The van der Waals surface area contributed by atoms with Gasteiger partial charge in [-0.15, -0.1) is 0 Å². The van der Waals surface area contributed by atoms with Crippen LogP contribution in [0.4, 0.5) is 11.6 Å². The topological polar surface area (TPSA) is 65.1 Å². The summed E-state index contributed by atoms with van der Waals surface area (Å²) in [5, 5.41) is 0. The molecule has 0 spiro atoms. The first kappa shape index (κ1) is 19.5. The molecule has 2 aromatic heterocycles. The average molecular weight is 396 g/mol. The molecule has 1 aliphatic heterocycles. The van der Waals surface area contributed by atoms with Crippen LogP contribution in [0.5, 0.6) is 0 Å². The Morgan fingerprint density at radius 2 is 1.83 bits per heavy atom. The second-order valence-corrected chi connectivity index (χ2v) is 8.25. The number of rotatable bonds is 5. The summed E-state index contributed by atoms with van der Waals surface area (Å²) in [5.41, 5.74) is 2.73. The molecule has 0 radical (unpaired) electrons. The van der Waals surface area contributed by atoms with Gasteiger partial charge in [0.15, 0.2) is 11.2 Å². The predicted molar refractivity (Wildman–Crippen MR) is 116 cm³/mol. The highest BCUT2D eigenvalue weighted by Gasteiger charge is 2.29. The number of aromatic nitrogens is 4. The minimum atomic E-state index is -0.288. The van der Waals surface area contributed by atoms with Crippen molar-refractivity contribution in [1.82, 2.24) is 18.7 Å². The molecular weight excluding hydrogens is 366 g/mol. The van der Waals surface area contributed by atoms with E-state index >= 15 is 0 Å². The monoisotopic (exact) mass is 395 g/mol. The molecule has 7 nitrogen and oxygen atoms in total. The van der Waals surface area contributed by atoms with Gasteiger partial charge >= 0.3 is 5.69 Å². The molecule has 1 atom stereocenters. The van der Waals surface area contributed by atoms with Crippen molar-refractivity contribution in [2.24, 2.45) is 13.0 Å². The second-order valence-electron chi connectivity index (χ2n) is 8.25. The smallest absolute Gasteiger partial charge is 0.312 e. The van der Waals surface area contributed by atoms with Crippen LogP contribution in [0.1, 0.15) is 38.7 Å². The molecule has 0 amide bonds. The van der Waals surface area contributed by atoms with E-state index in [1.165, 1.54) is 14.7 Å². The summed E-state index contributed by atoms with van der Waals surface area (Å²) in [6, 6.07) is 8.33. The van der Waals surface area contributed by atoms with Crippen LogP contribution in [0.25, 0.3) is 11.2 Å². The standard InChI is InChI=1S/C22H29N5O2/c1-5-6-7-12-25-20(28)18-19(24(4)22(25)29)23-21-26(13-16(3)14-27(18)21)17-10-8-15(2)9-11-17/h8-11,16H,5-7,12-14H2,1-4H3/t16-/m1/s1. The Labute approximate surface area is 170 Å². The molecule has 4 rings (SSSR count). The summed E-state index contributed by atoms with van der Waals surface area (Å²) < 4.78 is 4.90. The third-order valence-electron chi connectivity index (χ3n) is 5.77. The number of hydrogen-bond donors (Lipinski definition) is 0. The molecule has 0 fully saturated rings. The van der Waals surface area contributed by atoms with Crippen LogP contribution in [0.3, 0.4) is 0 Å². The third kappa shape index (κ3) is 3.28. The van der Waals surface area contributed by atoms with Crippen LogP contribution >= 0.6 is 0 Å². The zero-order valence-electron chi connectivity index (χ0n) is 17.7. The lowest BCUT2D eigenvalue weighted by Gasteiger charge is -2.33. The van der Waals surface area contributed by atoms with Gasteiger partial charge in [-0.05, 0) is 31.4 Å². The van der Waals surface area contributed by atoms with E-state index in [0.29, 0.717) is 23.6 Å². The fraction of sp³-hybridized carbons (Fsp3) is 0.500. The van der Waals surface area contributed by atoms with E-state index in [1.807, 2.05) is 4.57 Å². The summed E-state index contributed by atoms with van der Waals surface area (Å²) in [6.45, 7) is 8.35. The molecule has 0 bridgehead atoms. The molecule has 3 aromatic rings. The summed E-state index contributed by atoms with van der Waals surface area (Å²) >= 11 is 0. The fourth-order valence-electron chi connectivity index (χ4n) is 4.16. The normalized spacial score (nSPS) is 16.4. The van der Waals surface area contributed by atoms with E-state index in [9.17, 15) is 9.59 Å². The Balaban J connectivity index is 1.91. The van der Waals surface area contributed by atoms with E-state index in [0.717, 1.165) is 44.0 Å². The van der Waals surface area contributed by atoms with Crippen molar-refractivity contribution < 1.29 is 0 Å². The number of unbranched alkanes of at least 4 members (excludes halogenated alkanes) is 2. The highest BCUT2D eigenvalue weighted by atomic mass is 16.2. The summed E-state index contributed by atoms with van der Waals surface area (Å²) in [4.78, 5) is 33.0. The van der Waals surface area contributed by atoms with E-state index in [4.69, 9.17) is 4.98 Å². The first-order valence-corrected chi connectivity index (χ1v) is 10.5. The van der Waals surface area contributed by atoms with Gasteiger partial charge in [-0.25, -0.2) is 4.79 Å². The maximum absolute atomic E-state index is 13.3. The van der Waals surface area contributed by atoms with Gasteiger partial charge in [-0.1, -0.05) is 44.4 Å². The van der Waals surface area contributed by atoms with Crippen molar-refractivity contribution in [1.29, 1.82) is 0 Å². The van der Waals surface area contributed by atoms with Crippen molar-refractivity contribution in [3.8, 4) is 0 Å². The molecule has 1 aromatic carbocycles. The van der Waals surface area contributed by atoms with Crippen molar-refractivity contribution in [2.75, 3.05) is 11.4 Å². The summed E-state index contributed by atoms with van der Waals surface area (Å²) in [6.07, 6.45) is 2.86. The van der Waals surface area contributed by atoms with Gasteiger partial charge in [0.25, 0.3) is 5.56 Å². The minimum absolute atomic E-state index is 0.226. The fourth-order valence-corrected chi connectivity index (χ4v) is 4.16. The Hall–Kier alpha value is -2.83. The maximum Gasteiger partial charge on any atom is 0.332 e. The molecule has 0 saturated heterocycles. The lowest BCUT2D eigenvalue weighted by atomic mass is 10.1. The number of hydrogen-bond acceptors (Lipinski definition) is 4. The molecule has 0 unspecified atom stereocenters. The van der Waals surface area contributed by atoms with Gasteiger partial charge < -0.3 is 9.47 Å². The van der Waals surface area contributed by atoms with Gasteiger partial charge in [0, 0.05) is 32.4 Å². The Bertz CT molecular complexity index is 1150. The second kappa shape index (κ2) is 7.54. The highest BCUT2D eigenvalue weighted by Crippen LogP contribution is 2.32. The molecular formula is C22H29N5O2. The largest absolute Gasteiger partial charge is 0.332 e. The minimum Gasteiger partial charge on any atom is -0.312 e. The Kier molecular flexibility index (Phi) is 5.06. The van der Waals surface area contributed by atoms with Crippen LogP contribution in [0.15, 0.2) is 33.9 Å². The van der Waals surface area contributed by atoms with Crippen molar-refractivity contribution in [2.45, 2.75) is 53.1 Å². The number of nitrogens with zero attached hydrogens (tertiary/aromatic N) is 5. The number of aryl methyl sites for hydroxylation is 2. The van der Waals surface area contributed by atoms with Crippen LogP contribution < -0.4 is 16.1 Å². The van der Waals surface area contributed by atoms with E-state index in [1.54, 1.807) is 7.05 Å². The van der Waals surface area contributed by atoms with Gasteiger partial charge in [0.1, 0.15) is 0 Å². The molecule has 7 heteroatoms. The third-order valence-corrected chi connectivity index (χ3v) is 5.77. The number of anilines is 2. The van der Waals surface area contributed by atoms with E-state index in [-0.39, 0.29) is 11.2 Å². The maximum atomic E-state index is 13.3. The molecule has 3 heterocycles. The van der Waals surface area contributed by atoms with Crippen LogP contribution in [0.2, 0.25) is 0 Å². The molecule has 0 aliphatic carbocycles. The van der Waals surface area contributed by atoms with Crippen molar-refractivity contribution in [3.05, 3.63) is 50.7 Å². The van der Waals surface area contributed by atoms with Gasteiger partial charge in [-0.2, -0.15) is 4.98 Å². The van der Waals surface area contributed by atoms with Crippen molar-refractivity contribution >= 4 is 22.8 Å². The zero-order valence-corrected chi connectivity index (χ0v) is 17.7. The number of benzene rings is 1. The van der Waals surface area contributed by atoms with Gasteiger partial charge in [-0.3, -0.25) is 13.9 Å². The molecule has 1 aliphatic rings. The molecule has 0 saturated carbocycles. The average Bonchev–Trinajstić information content (AvgIpc) is 3.08. The van der Waals surface area contributed by atoms with E-state index < -0.39 is 0 Å². The number of fused-ring (bicyclic) bond motifs is 3. The SMILES string of the molecule is CCCCCn1c(=O)c2c(nc3n2C[C@H](C)CN3c2ccc(C)cc2)n(C)c1=O. The highest BCUT2D eigenvalue weighted by molar-refractivity contribution is 5.77. The van der Waals surface area contributed by atoms with Gasteiger partial charge in [0.2, 0.25) is 5.95 Å². The Morgan fingerprint density at radius 3 is 2.52 bits per heavy atom. The molecule has 154 valence electrons. The van der Waals surface area contributed by atoms with Gasteiger partial charge in [0.05, 0.1) is 0 Å². The van der Waals surface area contributed by atoms with Crippen LogP contribution in [-0.2, 0) is 20.1 Å². The van der Waals surface area contributed by atoms with Crippen molar-refractivity contribution in [3.63, 3.8) is 0 Å². The van der Waals surface area contributed by atoms with Crippen LogP contribution in [0, 0.1) is 12.8 Å². The first-order valence-electron chi connectivity index (χ1n) is 10.5. The van der Waals surface area contributed by atoms with E-state index in [2.05, 4.69) is 49.9 Å². The quantitative estimate of drug-likeness (QED) is 0.623. The first-order chi connectivity index (χ1) is 13.9. The molecule has 0 N–H and O–H groups in total. The Morgan fingerprint density at radius 1 is 1.10 bits per heavy atom.